The van der Waals surface area contributed by atoms with E-state index in [4.69, 9.17) is 13.9 Å². The quantitative estimate of drug-likeness (QED) is 0.261. The minimum Gasteiger partial charge on any atom is -0.508 e. The standard InChI is InChI=1S/C21H20O11/c22-7-14-17(27)18(28)19(29)21(32-14)31-13-6-11(25)16(26)20-15(13)10(24)5-12(30-20)8-1-3-9(23)4-2-8/h1-6,14,17-19,21-23,25-29H,7H2. The van der Waals surface area contributed by atoms with E-state index >= 15 is 0 Å². The van der Waals surface area contributed by atoms with E-state index in [2.05, 4.69) is 0 Å². The molecule has 1 aromatic heterocycles. The summed E-state index contributed by atoms with van der Waals surface area (Å²) in [5.74, 6) is -1.76. The molecule has 5 atom stereocenters. The molecule has 7 N–H and O–H groups in total. The summed E-state index contributed by atoms with van der Waals surface area (Å²) in [4.78, 5) is 12.9. The molecule has 1 aliphatic heterocycles. The number of aliphatic hydroxyl groups excluding tert-OH is 4. The van der Waals surface area contributed by atoms with Crippen LogP contribution >= 0.6 is 0 Å². The van der Waals surface area contributed by atoms with Gasteiger partial charge in [-0.2, -0.15) is 0 Å². The van der Waals surface area contributed by atoms with Crippen LogP contribution in [0.3, 0.4) is 0 Å². The Labute approximate surface area is 179 Å². The number of phenolic OH excluding ortho intramolecular Hbond substituents is 3. The Morgan fingerprint density at radius 3 is 2.28 bits per heavy atom. The molecule has 0 aliphatic carbocycles. The lowest BCUT2D eigenvalue weighted by molar-refractivity contribution is -0.277. The summed E-state index contributed by atoms with van der Waals surface area (Å²) in [6, 6.07) is 7.70. The Bertz CT molecular complexity index is 1190. The zero-order valence-corrected chi connectivity index (χ0v) is 16.3. The molecule has 0 spiro atoms. The Kier molecular flexibility index (Phi) is 5.67. The van der Waals surface area contributed by atoms with Crippen LogP contribution in [-0.2, 0) is 4.74 Å². The fourth-order valence-electron chi connectivity index (χ4n) is 3.43. The van der Waals surface area contributed by atoms with E-state index in [-0.39, 0.29) is 22.6 Å². The van der Waals surface area contributed by atoms with Crippen LogP contribution in [0.25, 0.3) is 22.3 Å². The highest BCUT2D eigenvalue weighted by molar-refractivity contribution is 5.91. The molecule has 0 bridgehead atoms. The second-order valence-electron chi connectivity index (χ2n) is 7.28. The van der Waals surface area contributed by atoms with Crippen molar-refractivity contribution in [3.63, 3.8) is 0 Å². The Morgan fingerprint density at radius 1 is 0.938 bits per heavy atom. The van der Waals surface area contributed by atoms with Crippen molar-refractivity contribution in [2.75, 3.05) is 6.61 Å². The highest BCUT2D eigenvalue weighted by Crippen LogP contribution is 2.41. The van der Waals surface area contributed by atoms with E-state index < -0.39 is 59.8 Å². The first-order valence-electron chi connectivity index (χ1n) is 9.50. The Hall–Kier alpha value is -3.35. The van der Waals surface area contributed by atoms with Gasteiger partial charge in [-0.1, -0.05) is 0 Å². The number of ether oxygens (including phenoxy) is 2. The first-order chi connectivity index (χ1) is 15.2. The van der Waals surface area contributed by atoms with Crippen LogP contribution in [0.15, 0.2) is 45.6 Å². The molecule has 5 unspecified atom stereocenters. The third-order valence-corrected chi connectivity index (χ3v) is 5.16. The molecule has 11 nitrogen and oxygen atoms in total. The van der Waals surface area contributed by atoms with E-state index in [9.17, 15) is 40.5 Å². The SMILES string of the molecule is O=c1cc(-c2ccc(O)cc2)oc2c(O)c(O)cc(OC3OC(CO)C(O)C(O)C3O)c12. The highest BCUT2D eigenvalue weighted by atomic mass is 16.7. The van der Waals surface area contributed by atoms with Crippen LogP contribution in [0.1, 0.15) is 0 Å². The lowest BCUT2D eigenvalue weighted by Gasteiger charge is -2.39. The highest BCUT2D eigenvalue weighted by Gasteiger charge is 2.45. The second-order valence-corrected chi connectivity index (χ2v) is 7.28. The summed E-state index contributed by atoms with van der Waals surface area (Å²) < 4.78 is 16.4. The maximum Gasteiger partial charge on any atom is 0.229 e. The third-order valence-electron chi connectivity index (χ3n) is 5.16. The van der Waals surface area contributed by atoms with Gasteiger partial charge < -0.3 is 49.6 Å². The molecule has 1 saturated heterocycles. The lowest BCUT2D eigenvalue weighted by Crippen LogP contribution is -2.60. The van der Waals surface area contributed by atoms with Crippen LogP contribution in [-0.4, -0.2) is 73.1 Å². The second kappa shape index (κ2) is 8.30. The molecule has 170 valence electrons. The van der Waals surface area contributed by atoms with E-state index in [1.54, 1.807) is 0 Å². The molecule has 4 rings (SSSR count). The molecular formula is C21H20O11. The molecule has 3 aromatic rings. The number of hydrogen-bond acceptors (Lipinski definition) is 11. The molecular weight excluding hydrogens is 428 g/mol. The zero-order chi connectivity index (χ0) is 23.2. The molecule has 0 radical (unpaired) electrons. The monoisotopic (exact) mass is 448 g/mol. The maximum atomic E-state index is 12.9. The molecule has 32 heavy (non-hydrogen) atoms. The summed E-state index contributed by atoms with van der Waals surface area (Å²) in [7, 11) is 0. The van der Waals surface area contributed by atoms with Gasteiger partial charge in [-0.3, -0.25) is 4.79 Å². The van der Waals surface area contributed by atoms with Crippen molar-refractivity contribution in [2.24, 2.45) is 0 Å². The molecule has 1 fully saturated rings. The summed E-state index contributed by atoms with van der Waals surface area (Å²) in [6.45, 7) is -0.690. The Balaban J connectivity index is 1.80. The van der Waals surface area contributed by atoms with Gasteiger partial charge in [0.1, 0.15) is 47.1 Å². The van der Waals surface area contributed by atoms with Crippen LogP contribution in [0.2, 0.25) is 0 Å². The fourth-order valence-corrected chi connectivity index (χ4v) is 3.43. The van der Waals surface area contributed by atoms with Crippen LogP contribution < -0.4 is 10.2 Å². The molecule has 2 aromatic carbocycles. The largest absolute Gasteiger partial charge is 0.508 e. The first-order valence-corrected chi connectivity index (χ1v) is 9.50. The van der Waals surface area contributed by atoms with Gasteiger partial charge in [0.15, 0.2) is 16.8 Å². The summed E-state index contributed by atoms with van der Waals surface area (Å²) in [5.41, 5.74) is -0.690. The van der Waals surface area contributed by atoms with Gasteiger partial charge >= 0.3 is 0 Å². The topological polar surface area (TPSA) is 190 Å². The van der Waals surface area contributed by atoms with Crippen molar-refractivity contribution in [3.8, 4) is 34.3 Å². The van der Waals surface area contributed by atoms with Gasteiger partial charge in [0.05, 0.1) is 6.61 Å². The van der Waals surface area contributed by atoms with Crippen molar-refractivity contribution in [1.29, 1.82) is 0 Å². The average molecular weight is 448 g/mol. The number of hydrogen-bond donors (Lipinski definition) is 7. The summed E-state index contributed by atoms with van der Waals surface area (Å²) in [5, 5.41) is 68.9. The van der Waals surface area contributed by atoms with Gasteiger partial charge in [0.2, 0.25) is 12.0 Å². The van der Waals surface area contributed by atoms with E-state index in [1.807, 2.05) is 0 Å². The minimum absolute atomic E-state index is 0.00686. The molecule has 0 saturated carbocycles. The minimum atomic E-state index is -1.76. The van der Waals surface area contributed by atoms with Gasteiger partial charge in [-0.05, 0) is 24.3 Å². The van der Waals surface area contributed by atoms with E-state index in [0.29, 0.717) is 5.56 Å². The average Bonchev–Trinajstić information content (AvgIpc) is 2.77. The van der Waals surface area contributed by atoms with Crippen molar-refractivity contribution in [1.82, 2.24) is 0 Å². The predicted molar refractivity (Wildman–Crippen MR) is 107 cm³/mol. The van der Waals surface area contributed by atoms with Crippen LogP contribution in [0, 0.1) is 0 Å². The maximum absolute atomic E-state index is 12.9. The summed E-state index contributed by atoms with van der Waals surface area (Å²) >= 11 is 0. The number of aromatic hydroxyl groups is 3. The van der Waals surface area contributed by atoms with Crippen LogP contribution in [0.5, 0.6) is 23.0 Å². The Morgan fingerprint density at radius 2 is 1.62 bits per heavy atom. The first kappa shape index (κ1) is 21.9. The molecule has 2 heterocycles. The molecule has 0 amide bonds. The number of aliphatic hydroxyl groups is 4. The zero-order valence-electron chi connectivity index (χ0n) is 16.3. The third kappa shape index (κ3) is 3.72. The van der Waals surface area contributed by atoms with Crippen LogP contribution in [0.4, 0.5) is 0 Å². The number of phenols is 3. The molecule has 11 heteroatoms. The van der Waals surface area contributed by atoms with Gasteiger partial charge in [-0.25, -0.2) is 0 Å². The summed E-state index contributed by atoms with van der Waals surface area (Å²) in [6.07, 6.45) is -7.98. The van der Waals surface area contributed by atoms with Crippen molar-refractivity contribution < 1.29 is 49.6 Å². The molecule has 1 aliphatic rings. The lowest BCUT2D eigenvalue weighted by atomic mass is 9.99. The predicted octanol–water partition coefficient (Wildman–Crippen LogP) is -0.245. The van der Waals surface area contributed by atoms with Gasteiger partial charge in [-0.15, -0.1) is 0 Å². The van der Waals surface area contributed by atoms with E-state index in [0.717, 1.165) is 12.1 Å². The van der Waals surface area contributed by atoms with Crippen molar-refractivity contribution in [2.45, 2.75) is 30.7 Å². The number of rotatable bonds is 4. The van der Waals surface area contributed by atoms with E-state index in [1.165, 1.54) is 24.3 Å². The number of benzene rings is 2. The fraction of sp³-hybridized carbons (Fsp3) is 0.286. The number of fused-ring (bicyclic) bond motifs is 1. The van der Waals surface area contributed by atoms with Crippen molar-refractivity contribution in [3.05, 3.63) is 46.6 Å². The smallest absolute Gasteiger partial charge is 0.229 e. The van der Waals surface area contributed by atoms with Gasteiger partial charge in [0, 0.05) is 17.7 Å². The normalized spacial score (nSPS) is 25.7. The van der Waals surface area contributed by atoms with Crippen molar-refractivity contribution >= 4 is 11.0 Å². The van der Waals surface area contributed by atoms with Gasteiger partial charge in [0.25, 0.3) is 0 Å².